The van der Waals surface area contributed by atoms with Crippen LogP contribution in [0.4, 0.5) is 5.69 Å². The van der Waals surface area contributed by atoms with Gasteiger partial charge in [-0.15, -0.1) is 0 Å². The van der Waals surface area contributed by atoms with Crippen molar-refractivity contribution < 1.29 is 23.9 Å². The Morgan fingerprint density at radius 1 is 0.833 bits per heavy atom. The van der Waals surface area contributed by atoms with Gasteiger partial charge in [0.25, 0.3) is 11.8 Å². The molecule has 0 aromatic heterocycles. The lowest BCUT2D eigenvalue weighted by Gasteiger charge is -2.10. The van der Waals surface area contributed by atoms with Gasteiger partial charge in [0.15, 0.2) is 0 Å². The monoisotopic (exact) mass is 411 g/mol. The molecule has 30 heavy (non-hydrogen) atoms. The van der Waals surface area contributed by atoms with Gasteiger partial charge < -0.3 is 25.4 Å². The Morgan fingerprint density at radius 2 is 1.43 bits per heavy atom. The summed E-state index contributed by atoms with van der Waals surface area (Å²) in [6, 6.07) is 11.5. The molecule has 0 heterocycles. The molecule has 158 valence electrons. The second-order valence-corrected chi connectivity index (χ2v) is 6.95. The second kappa shape index (κ2) is 9.78. The van der Waals surface area contributed by atoms with E-state index in [1.165, 1.54) is 14.2 Å². The van der Waals surface area contributed by atoms with Crippen LogP contribution >= 0.6 is 0 Å². The molecule has 1 aliphatic rings. The van der Waals surface area contributed by atoms with Crippen molar-refractivity contribution in [2.24, 2.45) is 5.92 Å². The maximum absolute atomic E-state index is 12.5. The zero-order valence-electron chi connectivity index (χ0n) is 17.0. The van der Waals surface area contributed by atoms with Crippen LogP contribution in [-0.2, 0) is 4.79 Å². The van der Waals surface area contributed by atoms with Gasteiger partial charge >= 0.3 is 0 Å². The summed E-state index contributed by atoms with van der Waals surface area (Å²) in [7, 11) is 3.03. The minimum atomic E-state index is -0.323. The van der Waals surface area contributed by atoms with E-state index in [0.29, 0.717) is 41.4 Å². The van der Waals surface area contributed by atoms with Crippen molar-refractivity contribution in [3.05, 3.63) is 53.6 Å². The van der Waals surface area contributed by atoms with Gasteiger partial charge in [-0.3, -0.25) is 14.4 Å². The maximum atomic E-state index is 12.5. The van der Waals surface area contributed by atoms with Crippen LogP contribution in [0.1, 0.15) is 33.6 Å². The number of carbonyl (C=O) groups excluding carboxylic acids is 3. The van der Waals surface area contributed by atoms with Crippen molar-refractivity contribution in [2.45, 2.75) is 12.8 Å². The Balaban J connectivity index is 1.51. The third-order valence-electron chi connectivity index (χ3n) is 4.68. The zero-order valence-corrected chi connectivity index (χ0v) is 17.0. The van der Waals surface area contributed by atoms with Gasteiger partial charge in [0.1, 0.15) is 11.5 Å². The highest BCUT2D eigenvalue weighted by Crippen LogP contribution is 2.28. The average Bonchev–Trinajstić information content (AvgIpc) is 3.62. The summed E-state index contributed by atoms with van der Waals surface area (Å²) in [5, 5.41) is 8.33. The normalized spacial score (nSPS) is 12.6. The Morgan fingerprint density at radius 3 is 2.00 bits per heavy atom. The Bertz CT molecular complexity index is 901. The molecule has 0 bridgehead atoms. The standard InChI is InChI=1S/C22H25N3O5/c1-29-18-11-16(12-19(13-18)30-2)22(28)25-17-7-5-15(6-8-17)21(27)24-10-9-23-20(26)14-3-4-14/h5-8,11-14H,3-4,9-10H2,1-2H3,(H,23,26)(H,24,27)(H,25,28). The SMILES string of the molecule is COc1cc(OC)cc(C(=O)Nc2ccc(C(=O)NCCNC(=O)C3CC3)cc2)c1. The lowest BCUT2D eigenvalue weighted by atomic mass is 10.1. The van der Waals surface area contributed by atoms with E-state index in [0.717, 1.165) is 12.8 Å². The Kier molecular flexibility index (Phi) is 6.90. The fourth-order valence-corrected chi connectivity index (χ4v) is 2.80. The van der Waals surface area contributed by atoms with E-state index in [-0.39, 0.29) is 23.6 Å². The van der Waals surface area contributed by atoms with Gasteiger partial charge in [-0.05, 0) is 49.2 Å². The molecule has 3 amide bonds. The van der Waals surface area contributed by atoms with Gasteiger partial charge in [-0.1, -0.05) is 0 Å². The second-order valence-electron chi connectivity index (χ2n) is 6.95. The van der Waals surface area contributed by atoms with E-state index in [1.807, 2.05) is 0 Å². The molecular formula is C22H25N3O5. The zero-order chi connectivity index (χ0) is 21.5. The predicted molar refractivity (Wildman–Crippen MR) is 112 cm³/mol. The lowest BCUT2D eigenvalue weighted by molar-refractivity contribution is -0.122. The molecule has 2 aromatic rings. The first-order valence-corrected chi connectivity index (χ1v) is 9.70. The average molecular weight is 411 g/mol. The van der Waals surface area contributed by atoms with Gasteiger partial charge in [0.05, 0.1) is 14.2 Å². The summed E-state index contributed by atoms with van der Waals surface area (Å²) in [5.41, 5.74) is 1.40. The number of benzene rings is 2. The van der Waals surface area contributed by atoms with Crippen LogP contribution in [0.5, 0.6) is 11.5 Å². The summed E-state index contributed by atoms with van der Waals surface area (Å²) in [6.45, 7) is 0.757. The molecule has 1 fully saturated rings. The quantitative estimate of drug-likeness (QED) is 0.549. The number of methoxy groups -OCH3 is 2. The van der Waals surface area contributed by atoms with E-state index >= 15 is 0 Å². The molecule has 2 aromatic carbocycles. The van der Waals surface area contributed by atoms with Crippen LogP contribution in [0, 0.1) is 5.92 Å². The highest BCUT2D eigenvalue weighted by Gasteiger charge is 2.29. The molecule has 1 saturated carbocycles. The number of ether oxygens (including phenoxy) is 2. The molecular weight excluding hydrogens is 386 g/mol. The first-order chi connectivity index (χ1) is 14.5. The molecule has 0 spiro atoms. The number of hydrogen-bond acceptors (Lipinski definition) is 5. The maximum Gasteiger partial charge on any atom is 0.255 e. The molecule has 0 saturated heterocycles. The van der Waals surface area contributed by atoms with Crippen molar-refractivity contribution in [3.63, 3.8) is 0 Å². The van der Waals surface area contributed by atoms with E-state index in [1.54, 1.807) is 42.5 Å². The minimum Gasteiger partial charge on any atom is -0.497 e. The molecule has 3 rings (SSSR count). The number of hydrogen-bond donors (Lipinski definition) is 3. The Hall–Kier alpha value is -3.55. The van der Waals surface area contributed by atoms with E-state index in [4.69, 9.17) is 9.47 Å². The van der Waals surface area contributed by atoms with Gasteiger partial charge in [-0.2, -0.15) is 0 Å². The first kappa shape index (κ1) is 21.2. The van der Waals surface area contributed by atoms with Gasteiger partial charge in [-0.25, -0.2) is 0 Å². The fraction of sp³-hybridized carbons (Fsp3) is 0.318. The van der Waals surface area contributed by atoms with Crippen molar-refractivity contribution in [1.29, 1.82) is 0 Å². The number of amides is 3. The molecule has 8 nitrogen and oxygen atoms in total. The van der Waals surface area contributed by atoms with Crippen LogP contribution in [-0.4, -0.2) is 45.0 Å². The minimum absolute atomic E-state index is 0.0537. The van der Waals surface area contributed by atoms with Crippen LogP contribution in [0.3, 0.4) is 0 Å². The van der Waals surface area contributed by atoms with Crippen molar-refractivity contribution in [1.82, 2.24) is 10.6 Å². The number of anilines is 1. The number of carbonyl (C=O) groups is 3. The highest BCUT2D eigenvalue weighted by atomic mass is 16.5. The topological polar surface area (TPSA) is 106 Å². The molecule has 3 N–H and O–H groups in total. The summed E-state index contributed by atoms with van der Waals surface area (Å²) < 4.78 is 10.4. The molecule has 0 radical (unpaired) electrons. The smallest absolute Gasteiger partial charge is 0.255 e. The number of rotatable bonds is 9. The van der Waals surface area contributed by atoms with Crippen LogP contribution in [0.15, 0.2) is 42.5 Å². The third kappa shape index (κ3) is 5.73. The summed E-state index contributed by atoms with van der Waals surface area (Å²) in [6.07, 6.45) is 1.90. The highest BCUT2D eigenvalue weighted by molar-refractivity contribution is 6.05. The van der Waals surface area contributed by atoms with Crippen molar-refractivity contribution in [2.75, 3.05) is 32.6 Å². The van der Waals surface area contributed by atoms with Gasteiger partial charge in [0, 0.05) is 41.9 Å². The Labute approximate surface area is 174 Å². The first-order valence-electron chi connectivity index (χ1n) is 9.70. The fourth-order valence-electron chi connectivity index (χ4n) is 2.80. The van der Waals surface area contributed by atoms with E-state index in [2.05, 4.69) is 16.0 Å². The van der Waals surface area contributed by atoms with Crippen LogP contribution in [0.25, 0.3) is 0 Å². The number of nitrogens with one attached hydrogen (secondary N) is 3. The summed E-state index contributed by atoms with van der Waals surface area (Å²) >= 11 is 0. The molecule has 0 atom stereocenters. The van der Waals surface area contributed by atoms with E-state index in [9.17, 15) is 14.4 Å². The summed E-state index contributed by atoms with van der Waals surface area (Å²) in [5.74, 6) is 0.668. The molecule has 8 heteroatoms. The van der Waals surface area contributed by atoms with E-state index < -0.39 is 0 Å². The molecule has 1 aliphatic carbocycles. The lowest BCUT2D eigenvalue weighted by Crippen LogP contribution is -2.35. The predicted octanol–water partition coefficient (Wildman–Crippen LogP) is 2.21. The van der Waals surface area contributed by atoms with Crippen molar-refractivity contribution in [3.8, 4) is 11.5 Å². The van der Waals surface area contributed by atoms with Crippen LogP contribution < -0.4 is 25.4 Å². The summed E-state index contributed by atoms with van der Waals surface area (Å²) in [4.78, 5) is 36.3. The van der Waals surface area contributed by atoms with Crippen molar-refractivity contribution >= 4 is 23.4 Å². The third-order valence-corrected chi connectivity index (χ3v) is 4.68. The van der Waals surface area contributed by atoms with Crippen LogP contribution in [0.2, 0.25) is 0 Å². The van der Waals surface area contributed by atoms with Gasteiger partial charge in [0.2, 0.25) is 5.91 Å². The molecule has 0 aliphatic heterocycles. The molecule has 0 unspecified atom stereocenters. The largest absolute Gasteiger partial charge is 0.497 e.